The molecule has 0 heterocycles. The van der Waals surface area contributed by atoms with Crippen molar-refractivity contribution in [2.75, 3.05) is 26.3 Å². The minimum Gasteiger partial charge on any atom is -0.761 e. The van der Waals surface area contributed by atoms with Crippen molar-refractivity contribution in [3.8, 4) is 0 Å². The molecule has 0 aliphatic rings. The van der Waals surface area contributed by atoms with Crippen molar-refractivity contribution in [2.45, 2.75) is 0 Å². The van der Waals surface area contributed by atoms with Gasteiger partial charge in [0.15, 0.2) is 0 Å². The van der Waals surface area contributed by atoms with E-state index < -0.39 is 0 Å². The van der Waals surface area contributed by atoms with Crippen molar-refractivity contribution in [2.24, 2.45) is 9.98 Å². The third-order valence-corrected chi connectivity index (χ3v) is 1.67. The van der Waals surface area contributed by atoms with Crippen molar-refractivity contribution < 1.29 is 10.2 Å². The van der Waals surface area contributed by atoms with Crippen molar-refractivity contribution >= 4 is 35.3 Å². The number of rotatable bonds is 5. The Morgan fingerprint density at radius 3 is 1.50 bits per heavy atom. The molecule has 0 spiro atoms. The fourth-order valence-corrected chi connectivity index (χ4v) is 0.750. The summed E-state index contributed by atoms with van der Waals surface area (Å²) in [4.78, 5) is 7.52. The first kappa shape index (κ1) is 11.7. The summed E-state index contributed by atoms with van der Waals surface area (Å²) in [5.41, 5.74) is 0. The SMILES string of the molecule is OCCN=C([S-])C([S-])=NCCO. The Labute approximate surface area is 82.3 Å². The summed E-state index contributed by atoms with van der Waals surface area (Å²) in [6.45, 7) is 0.382. The van der Waals surface area contributed by atoms with Crippen molar-refractivity contribution in [1.82, 2.24) is 0 Å². The predicted molar refractivity (Wildman–Crippen MR) is 53.5 cm³/mol. The lowest BCUT2D eigenvalue weighted by Crippen LogP contribution is -2.10. The van der Waals surface area contributed by atoms with Crippen LogP contribution in [0, 0.1) is 0 Å². The lowest BCUT2D eigenvalue weighted by atomic mass is 10.6. The number of aliphatic hydroxyl groups is 2. The molecule has 6 heteroatoms. The molecule has 0 atom stereocenters. The third kappa shape index (κ3) is 5.36. The second-order valence-corrected chi connectivity index (χ2v) is 2.59. The van der Waals surface area contributed by atoms with E-state index in [-0.39, 0.29) is 36.4 Å². The smallest absolute Gasteiger partial charge is 0.0626 e. The maximum atomic E-state index is 8.41. The Balaban J connectivity index is 3.98. The van der Waals surface area contributed by atoms with E-state index in [0.29, 0.717) is 0 Å². The monoisotopic (exact) mass is 206 g/mol. The van der Waals surface area contributed by atoms with E-state index in [1.54, 1.807) is 0 Å². The highest BCUT2D eigenvalue weighted by Crippen LogP contribution is 1.83. The van der Waals surface area contributed by atoms with Crippen LogP contribution in [0.1, 0.15) is 0 Å². The van der Waals surface area contributed by atoms with Crippen LogP contribution in [-0.2, 0) is 25.3 Å². The molecule has 0 rings (SSSR count). The van der Waals surface area contributed by atoms with Gasteiger partial charge >= 0.3 is 0 Å². The first-order valence-corrected chi connectivity index (χ1v) is 4.19. The van der Waals surface area contributed by atoms with E-state index >= 15 is 0 Å². The van der Waals surface area contributed by atoms with Crippen LogP contribution in [0.5, 0.6) is 0 Å². The fraction of sp³-hybridized carbons (Fsp3) is 0.667. The van der Waals surface area contributed by atoms with Gasteiger partial charge in [-0.3, -0.25) is 0 Å². The van der Waals surface area contributed by atoms with E-state index in [0.717, 1.165) is 0 Å². The van der Waals surface area contributed by atoms with Gasteiger partial charge in [0, 0.05) is 0 Å². The second kappa shape index (κ2) is 7.35. The van der Waals surface area contributed by atoms with Crippen LogP contribution in [0.4, 0.5) is 0 Å². The molecular weight excluding hydrogens is 196 g/mol. The zero-order valence-electron chi connectivity index (χ0n) is 6.43. The van der Waals surface area contributed by atoms with Crippen LogP contribution in [-0.4, -0.2) is 46.6 Å². The standard InChI is InChI=1S/C6H12N2O2S2/c9-3-1-7-5(11)6(12)8-2-4-10/h9-10H,1-4H2,(H,7,11)(H,8,12)/p-2. The van der Waals surface area contributed by atoms with E-state index in [9.17, 15) is 0 Å². The van der Waals surface area contributed by atoms with Gasteiger partial charge in [-0.05, 0) is 0 Å². The molecule has 0 amide bonds. The highest BCUT2D eigenvalue weighted by Gasteiger charge is 1.79. The fourth-order valence-electron chi connectivity index (χ4n) is 0.438. The topological polar surface area (TPSA) is 65.2 Å². The molecule has 12 heavy (non-hydrogen) atoms. The molecule has 2 N–H and O–H groups in total. The molecule has 70 valence electrons. The molecule has 0 aromatic carbocycles. The summed E-state index contributed by atoms with van der Waals surface area (Å²) < 4.78 is 0. The Morgan fingerprint density at radius 2 is 1.25 bits per heavy atom. The molecular formula is C6H10N2O2S2-2. The first-order valence-electron chi connectivity index (χ1n) is 3.37. The van der Waals surface area contributed by atoms with E-state index in [2.05, 4.69) is 9.98 Å². The molecule has 0 fully saturated rings. The van der Waals surface area contributed by atoms with Gasteiger partial charge in [0.25, 0.3) is 0 Å². The Kier molecular flexibility index (Phi) is 7.17. The maximum Gasteiger partial charge on any atom is 0.0626 e. The van der Waals surface area contributed by atoms with Gasteiger partial charge in [0.05, 0.1) is 26.3 Å². The number of nitrogens with zero attached hydrogens (tertiary/aromatic N) is 2. The summed E-state index contributed by atoms with van der Waals surface area (Å²) in [7, 11) is 0. The van der Waals surface area contributed by atoms with E-state index in [4.69, 9.17) is 35.5 Å². The first-order chi connectivity index (χ1) is 5.72. The Bertz CT molecular complexity index is 162. The van der Waals surface area contributed by atoms with Gasteiger partial charge in [-0.25, -0.2) is 0 Å². The van der Waals surface area contributed by atoms with Gasteiger partial charge in [-0.1, -0.05) is 10.1 Å². The minimum absolute atomic E-state index is 0.0528. The minimum atomic E-state index is -0.0528. The highest BCUT2D eigenvalue weighted by molar-refractivity contribution is 7.92. The molecule has 0 aromatic rings. The molecule has 0 bridgehead atoms. The largest absolute Gasteiger partial charge is 0.761 e. The Morgan fingerprint density at radius 1 is 0.917 bits per heavy atom. The summed E-state index contributed by atoms with van der Waals surface area (Å²) in [6, 6.07) is 0. The average Bonchev–Trinajstić information content (AvgIpc) is 2.10. The molecule has 0 unspecified atom stereocenters. The van der Waals surface area contributed by atoms with Gasteiger partial charge < -0.3 is 45.5 Å². The molecule has 4 nitrogen and oxygen atoms in total. The number of aliphatic hydroxyl groups excluding tert-OH is 2. The van der Waals surface area contributed by atoms with Crippen LogP contribution < -0.4 is 0 Å². The van der Waals surface area contributed by atoms with Crippen LogP contribution in [0.2, 0.25) is 0 Å². The predicted octanol–water partition coefficient (Wildman–Crippen LogP) is -1.14. The highest BCUT2D eigenvalue weighted by atomic mass is 32.1. The second-order valence-electron chi connectivity index (χ2n) is 1.82. The normalized spacial score (nSPS) is 13.5. The van der Waals surface area contributed by atoms with Crippen molar-refractivity contribution in [3.05, 3.63) is 0 Å². The molecule has 0 aliphatic heterocycles. The van der Waals surface area contributed by atoms with Crippen LogP contribution >= 0.6 is 0 Å². The van der Waals surface area contributed by atoms with E-state index in [1.165, 1.54) is 0 Å². The van der Waals surface area contributed by atoms with Gasteiger partial charge in [-0.2, -0.15) is 0 Å². The van der Waals surface area contributed by atoms with Gasteiger partial charge in [-0.15, -0.1) is 0 Å². The number of aliphatic imine (C=N–C) groups is 2. The summed E-state index contributed by atoms with van der Waals surface area (Å²) in [5.74, 6) is 0. The number of hydrogen-bond donors (Lipinski definition) is 2. The van der Waals surface area contributed by atoms with Gasteiger partial charge in [0.2, 0.25) is 0 Å². The van der Waals surface area contributed by atoms with Crippen molar-refractivity contribution in [1.29, 1.82) is 0 Å². The van der Waals surface area contributed by atoms with E-state index in [1.807, 2.05) is 0 Å². The zero-order valence-corrected chi connectivity index (χ0v) is 8.07. The molecule has 0 aliphatic carbocycles. The lowest BCUT2D eigenvalue weighted by molar-refractivity contribution is 0.306. The summed E-state index contributed by atoms with van der Waals surface area (Å²) in [6.07, 6.45) is 0. The zero-order chi connectivity index (χ0) is 9.40. The number of hydrogen-bond acceptors (Lipinski definition) is 6. The summed E-state index contributed by atoms with van der Waals surface area (Å²) >= 11 is 9.52. The molecule has 0 saturated heterocycles. The van der Waals surface area contributed by atoms with Crippen molar-refractivity contribution in [3.63, 3.8) is 0 Å². The maximum absolute atomic E-state index is 8.41. The van der Waals surface area contributed by atoms with Crippen LogP contribution in [0.15, 0.2) is 9.98 Å². The average molecular weight is 206 g/mol. The lowest BCUT2D eigenvalue weighted by Gasteiger charge is -2.18. The Hall–Kier alpha value is -0.300. The van der Waals surface area contributed by atoms with Crippen LogP contribution in [0.3, 0.4) is 0 Å². The molecule has 0 saturated carbocycles. The molecule has 0 radical (unpaired) electrons. The van der Waals surface area contributed by atoms with Crippen LogP contribution in [0.25, 0.3) is 0 Å². The quantitative estimate of drug-likeness (QED) is 0.339. The molecule has 0 aromatic heterocycles. The van der Waals surface area contributed by atoms with Gasteiger partial charge in [0.1, 0.15) is 0 Å². The summed E-state index contributed by atoms with van der Waals surface area (Å²) in [5, 5.41) is 17.2. The third-order valence-electron chi connectivity index (χ3n) is 0.894.